The molecule has 0 aliphatic rings. The summed E-state index contributed by atoms with van der Waals surface area (Å²) in [7, 11) is 0. The van der Waals surface area contributed by atoms with E-state index < -0.39 is 0 Å². The van der Waals surface area contributed by atoms with Crippen molar-refractivity contribution in [2.24, 2.45) is 5.90 Å². The van der Waals surface area contributed by atoms with Gasteiger partial charge in [-0.05, 0) is 0 Å². The summed E-state index contributed by atoms with van der Waals surface area (Å²) in [4.78, 5) is 0. The van der Waals surface area contributed by atoms with E-state index in [1.165, 1.54) is 0 Å². The fraction of sp³-hybridized carbons (Fsp3) is 0. The Balaban J connectivity index is -0.00000000500. The third-order valence-corrected chi connectivity index (χ3v) is 0. The molecule has 0 aromatic rings. The fourth-order valence-electron chi connectivity index (χ4n) is 0. The van der Waals surface area contributed by atoms with Crippen molar-refractivity contribution in [3.8, 4) is 0 Å². The maximum absolute atomic E-state index is 6.50. The summed E-state index contributed by atoms with van der Waals surface area (Å²) < 4.78 is 0. The van der Waals surface area contributed by atoms with Gasteiger partial charge in [-0.1, -0.05) is 0 Å². The first-order valence-electron chi connectivity index (χ1n) is 0.258. The van der Waals surface area contributed by atoms with Gasteiger partial charge in [0.2, 0.25) is 0 Å². The molecule has 0 amide bonds. The van der Waals surface area contributed by atoms with Crippen molar-refractivity contribution in [2.75, 3.05) is 0 Å². The molecule has 4 heavy (non-hydrogen) atoms. The molecular formula is H3CoNNiO. The molecule has 0 aliphatic carbocycles. The van der Waals surface area contributed by atoms with E-state index in [-0.39, 0.29) is 33.3 Å². The van der Waals surface area contributed by atoms with Gasteiger partial charge in [-0.25, -0.2) is 5.90 Å². The Kier molecular flexibility index (Phi) is 202. The van der Waals surface area contributed by atoms with Crippen molar-refractivity contribution in [2.45, 2.75) is 0 Å². The predicted octanol–water partition coefficient (Wildman–Crippen LogP) is -0.671. The number of hydrogen-bond acceptors (Lipinski definition) is 2. The summed E-state index contributed by atoms with van der Waals surface area (Å²) >= 11 is 0. The van der Waals surface area contributed by atoms with E-state index in [0.717, 1.165) is 0 Å². The van der Waals surface area contributed by atoms with Gasteiger partial charge < -0.3 is 5.21 Å². The fourth-order valence-corrected chi connectivity index (χ4v) is 0. The number of rotatable bonds is 0. The Morgan fingerprint density at radius 2 is 1.25 bits per heavy atom. The molecule has 0 unspecified atom stereocenters. The zero-order chi connectivity index (χ0) is 2.00. The van der Waals surface area contributed by atoms with Gasteiger partial charge in [-0.15, -0.1) is 0 Å². The van der Waals surface area contributed by atoms with E-state index in [4.69, 9.17) is 5.21 Å². The smallest absolute Gasteiger partial charge is 0 e. The van der Waals surface area contributed by atoms with Gasteiger partial charge in [0.25, 0.3) is 0 Å². The molecule has 0 saturated carbocycles. The van der Waals surface area contributed by atoms with Gasteiger partial charge in [-0.3, -0.25) is 0 Å². The van der Waals surface area contributed by atoms with Gasteiger partial charge in [0.05, 0.1) is 0 Å². The quantitative estimate of drug-likeness (QED) is 0.356. The summed E-state index contributed by atoms with van der Waals surface area (Å²) in [5, 5.41) is 6.50. The van der Waals surface area contributed by atoms with E-state index in [1.54, 1.807) is 0 Å². The SMILES string of the molecule is NO.[Co].[Ni]. The Hall–Kier alpha value is 0.920. The minimum Gasteiger partial charge on any atom is -0.320 e. The summed E-state index contributed by atoms with van der Waals surface area (Å²) in [6, 6.07) is 0. The topological polar surface area (TPSA) is 46.2 Å². The number of nitrogens with two attached hydrogens (primary N) is 1. The molecule has 0 atom stereocenters. The molecule has 4 heteroatoms. The summed E-state index contributed by atoms with van der Waals surface area (Å²) in [5.41, 5.74) is 0. The van der Waals surface area contributed by atoms with Gasteiger partial charge in [-0.2, -0.15) is 0 Å². The molecule has 0 saturated heterocycles. The molecule has 2 nitrogen and oxygen atoms in total. The zero-order valence-electron chi connectivity index (χ0n) is 1.67. The van der Waals surface area contributed by atoms with Crippen LogP contribution in [0.5, 0.6) is 0 Å². The Morgan fingerprint density at radius 3 is 1.25 bits per heavy atom. The molecule has 0 spiro atoms. The molecule has 0 aromatic carbocycles. The van der Waals surface area contributed by atoms with Crippen LogP contribution in [-0.4, -0.2) is 5.21 Å². The van der Waals surface area contributed by atoms with Crippen LogP contribution in [-0.2, 0) is 33.3 Å². The van der Waals surface area contributed by atoms with E-state index >= 15 is 0 Å². The first-order valence-corrected chi connectivity index (χ1v) is 0.258. The van der Waals surface area contributed by atoms with Crippen LogP contribution in [0.2, 0.25) is 0 Å². The summed E-state index contributed by atoms with van der Waals surface area (Å²) in [5.74, 6) is 3.50. The largest absolute Gasteiger partial charge is 0.320 e. The van der Waals surface area contributed by atoms with Crippen molar-refractivity contribution in [1.82, 2.24) is 0 Å². The van der Waals surface area contributed by atoms with E-state index in [2.05, 4.69) is 5.90 Å². The van der Waals surface area contributed by atoms with Crippen LogP contribution in [0, 0.1) is 0 Å². The van der Waals surface area contributed by atoms with Gasteiger partial charge in [0, 0.05) is 33.3 Å². The average Bonchev–Trinajstić information content (AvgIpc) is 1.00. The van der Waals surface area contributed by atoms with Crippen LogP contribution in [0.3, 0.4) is 0 Å². The van der Waals surface area contributed by atoms with Crippen LogP contribution < -0.4 is 5.90 Å². The van der Waals surface area contributed by atoms with Gasteiger partial charge >= 0.3 is 0 Å². The third kappa shape index (κ3) is 12.7. The molecule has 3 N–H and O–H groups in total. The average molecular weight is 151 g/mol. The zero-order valence-corrected chi connectivity index (χ0v) is 3.70. The molecule has 0 heterocycles. The number of hydrogen-bond donors (Lipinski definition) is 2. The van der Waals surface area contributed by atoms with Crippen LogP contribution >= 0.6 is 0 Å². The third-order valence-electron chi connectivity index (χ3n) is 0. The first-order chi connectivity index (χ1) is 1.00. The maximum Gasteiger partial charge on any atom is 0 e. The molecule has 0 fully saturated rings. The molecule has 0 rings (SSSR count). The van der Waals surface area contributed by atoms with Gasteiger partial charge in [0.15, 0.2) is 0 Å². The minimum absolute atomic E-state index is 0. The molecular weight excluding hydrogens is 148 g/mol. The predicted molar refractivity (Wildman–Crippen MR) is 5.97 cm³/mol. The summed E-state index contributed by atoms with van der Waals surface area (Å²) in [6.45, 7) is 0. The standard InChI is InChI=1S/Co.H3NO.Ni/c;1-2;/h;2H,1H2;. The normalized spacial score (nSPS) is 1.50. The molecule has 0 aromatic heterocycles. The van der Waals surface area contributed by atoms with Gasteiger partial charge in [0.1, 0.15) is 0 Å². The maximum atomic E-state index is 6.50. The summed E-state index contributed by atoms with van der Waals surface area (Å²) in [6.07, 6.45) is 0. The second-order valence-electron chi connectivity index (χ2n) is 0. The van der Waals surface area contributed by atoms with E-state index in [9.17, 15) is 0 Å². The minimum atomic E-state index is 0. The van der Waals surface area contributed by atoms with E-state index in [0.29, 0.717) is 0 Å². The second-order valence-corrected chi connectivity index (χ2v) is 0. The molecule has 1 radical (unpaired) electrons. The Bertz CT molecular complexity index is 8.00. The second kappa shape index (κ2) is 39.5. The van der Waals surface area contributed by atoms with Crippen LogP contribution in [0.15, 0.2) is 0 Å². The monoisotopic (exact) mass is 150 g/mol. The van der Waals surface area contributed by atoms with Crippen molar-refractivity contribution < 1.29 is 38.5 Å². The van der Waals surface area contributed by atoms with Crippen molar-refractivity contribution in [3.05, 3.63) is 0 Å². The van der Waals surface area contributed by atoms with Crippen molar-refractivity contribution >= 4 is 0 Å². The van der Waals surface area contributed by atoms with Crippen LogP contribution in [0.4, 0.5) is 0 Å². The van der Waals surface area contributed by atoms with Crippen molar-refractivity contribution in [1.29, 1.82) is 0 Å². The first kappa shape index (κ1) is 20.5. The van der Waals surface area contributed by atoms with Crippen molar-refractivity contribution in [3.63, 3.8) is 0 Å². The molecule has 0 aliphatic heterocycles. The van der Waals surface area contributed by atoms with Crippen LogP contribution in [0.1, 0.15) is 0 Å². The Morgan fingerprint density at radius 1 is 1.25 bits per heavy atom. The van der Waals surface area contributed by atoms with Crippen LogP contribution in [0.25, 0.3) is 0 Å². The molecule has 0 bridgehead atoms. The van der Waals surface area contributed by atoms with E-state index in [1.807, 2.05) is 0 Å². The molecule has 33 valence electrons. The Labute approximate surface area is 44.8 Å².